The summed E-state index contributed by atoms with van der Waals surface area (Å²) in [7, 11) is 0. The molecule has 1 aliphatic rings. The topological polar surface area (TPSA) is 81.7 Å². The SMILES string of the molecule is O=C(/C=C/c1ccccc1N1CCC(NC(=O)Cc2ccc(F)cc2)CC1)NO. The lowest BCUT2D eigenvalue weighted by Crippen LogP contribution is -2.45. The summed E-state index contributed by atoms with van der Waals surface area (Å²) in [5.74, 6) is -0.954. The van der Waals surface area contributed by atoms with Gasteiger partial charge in [0, 0.05) is 30.9 Å². The summed E-state index contributed by atoms with van der Waals surface area (Å²) in [6, 6.07) is 13.8. The van der Waals surface area contributed by atoms with E-state index in [9.17, 15) is 14.0 Å². The number of para-hydroxylation sites is 1. The summed E-state index contributed by atoms with van der Waals surface area (Å²) in [6.45, 7) is 1.55. The lowest BCUT2D eigenvalue weighted by Gasteiger charge is -2.34. The molecule has 0 spiro atoms. The van der Waals surface area contributed by atoms with Crippen LogP contribution in [0.4, 0.5) is 10.1 Å². The zero-order chi connectivity index (χ0) is 20.6. The highest BCUT2D eigenvalue weighted by atomic mass is 19.1. The van der Waals surface area contributed by atoms with Gasteiger partial charge in [0.05, 0.1) is 6.42 Å². The number of halogens is 1. The number of benzene rings is 2. The van der Waals surface area contributed by atoms with Crippen LogP contribution >= 0.6 is 0 Å². The van der Waals surface area contributed by atoms with Crippen LogP contribution in [-0.4, -0.2) is 36.2 Å². The van der Waals surface area contributed by atoms with Crippen molar-refractivity contribution < 1.29 is 19.2 Å². The third-order valence-corrected chi connectivity index (χ3v) is 4.94. The predicted molar refractivity (Wildman–Crippen MR) is 109 cm³/mol. The normalized spacial score (nSPS) is 14.8. The molecule has 0 atom stereocenters. The average molecular weight is 397 g/mol. The molecule has 3 N–H and O–H groups in total. The quantitative estimate of drug-likeness (QED) is 0.398. The predicted octanol–water partition coefficient (Wildman–Crippen LogP) is 2.67. The molecular weight excluding hydrogens is 373 g/mol. The van der Waals surface area contributed by atoms with E-state index in [1.165, 1.54) is 18.2 Å². The molecule has 152 valence electrons. The van der Waals surface area contributed by atoms with Gasteiger partial charge in [-0.15, -0.1) is 0 Å². The van der Waals surface area contributed by atoms with Crippen LogP contribution in [0.5, 0.6) is 0 Å². The van der Waals surface area contributed by atoms with Crippen molar-refractivity contribution in [1.29, 1.82) is 0 Å². The van der Waals surface area contributed by atoms with Crippen molar-refractivity contribution >= 4 is 23.6 Å². The fourth-order valence-electron chi connectivity index (χ4n) is 3.45. The summed E-state index contributed by atoms with van der Waals surface area (Å²) < 4.78 is 13.0. The van der Waals surface area contributed by atoms with Gasteiger partial charge in [-0.3, -0.25) is 14.8 Å². The van der Waals surface area contributed by atoms with Gasteiger partial charge in [0.2, 0.25) is 5.91 Å². The van der Waals surface area contributed by atoms with Gasteiger partial charge in [-0.1, -0.05) is 30.3 Å². The summed E-state index contributed by atoms with van der Waals surface area (Å²) in [5.41, 5.74) is 4.26. The van der Waals surface area contributed by atoms with Crippen molar-refractivity contribution in [2.24, 2.45) is 0 Å². The molecule has 2 amide bonds. The first-order chi connectivity index (χ1) is 14.0. The molecule has 2 aromatic rings. The van der Waals surface area contributed by atoms with E-state index in [4.69, 9.17) is 5.21 Å². The Morgan fingerprint density at radius 3 is 2.48 bits per heavy atom. The van der Waals surface area contributed by atoms with Crippen LogP contribution in [-0.2, 0) is 16.0 Å². The number of nitrogens with one attached hydrogen (secondary N) is 2. The van der Waals surface area contributed by atoms with Crippen LogP contribution in [0, 0.1) is 5.82 Å². The Labute approximate surface area is 169 Å². The molecular formula is C22H24FN3O3. The zero-order valence-corrected chi connectivity index (χ0v) is 16.0. The third kappa shape index (κ3) is 5.89. The maximum absolute atomic E-state index is 13.0. The Morgan fingerprint density at radius 2 is 1.79 bits per heavy atom. The van der Waals surface area contributed by atoms with Crippen molar-refractivity contribution in [2.45, 2.75) is 25.3 Å². The van der Waals surface area contributed by atoms with E-state index in [2.05, 4.69) is 10.2 Å². The second kappa shape index (κ2) is 9.84. The van der Waals surface area contributed by atoms with Gasteiger partial charge >= 0.3 is 0 Å². The smallest absolute Gasteiger partial charge is 0.267 e. The second-order valence-corrected chi connectivity index (χ2v) is 7.00. The molecule has 0 aromatic heterocycles. The Kier molecular flexibility index (Phi) is 6.97. The number of carbonyl (C=O) groups excluding carboxylic acids is 2. The Morgan fingerprint density at radius 1 is 1.10 bits per heavy atom. The van der Waals surface area contributed by atoms with Crippen LogP contribution in [0.15, 0.2) is 54.6 Å². The van der Waals surface area contributed by atoms with E-state index in [0.29, 0.717) is 0 Å². The molecule has 6 nitrogen and oxygen atoms in total. The maximum Gasteiger partial charge on any atom is 0.267 e. The van der Waals surface area contributed by atoms with E-state index in [1.807, 2.05) is 24.3 Å². The highest BCUT2D eigenvalue weighted by molar-refractivity contribution is 5.91. The van der Waals surface area contributed by atoms with Crippen LogP contribution in [0.3, 0.4) is 0 Å². The Bertz CT molecular complexity index is 875. The van der Waals surface area contributed by atoms with E-state index in [1.54, 1.807) is 23.7 Å². The fraction of sp³-hybridized carbons (Fsp3) is 0.273. The minimum absolute atomic E-state index is 0.0617. The van der Waals surface area contributed by atoms with Crippen LogP contribution < -0.4 is 15.7 Å². The van der Waals surface area contributed by atoms with Gasteiger partial charge in [-0.25, -0.2) is 9.87 Å². The van der Waals surface area contributed by atoms with Gasteiger partial charge in [0.15, 0.2) is 0 Å². The number of carbonyl (C=O) groups is 2. The lowest BCUT2D eigenvalue weighted by atomic mass is 10.0. The van der Waals surface area contributed by atoms with E-state index in [-0.39, 0.29) is 24.2 Å². The van der Waals surface area contributed by atoms with Gasteiger partial charge in [-0.05, 0) is 48.2 Å². The number of rotatable bonds is 6. The molecule has 0 bridgehead atoms. The second-order valence-electron chi connectivity index (χ2n) is 7.00. The number of anilines is 1. The minimum atomic E-state index is -0.581. The fourth-order valence-corrected chi connectivity index (χ4v) is 3.45. The standard InChI is InChI=1S/C22H24FN3O3/c23-18-8-5-16(6-9-18)15-22(28)24-19-11-13-26(14-12-19)20-4-2-1-3-17(20)7-10-21(27)25-29/h1-10,19,29H,11-15H2,(H,24,28)(H,25,27)/b10-7+. The van der Waals surface area contributed by atoms with Crippen molar-refractivity contribution in [3.8, 4) is 0 Å². The summed E-state index contributed by atoms with van der Waals surface area (Å²) in [4.78, 5) is 25.7. The molecule has 0 aliphatic carbocycles. The van der Waals surface area contributed by atoms with Gasteiger partial charge < -0.3 is 10.2 Å². The number of hydrogen-bond acceptors (Lipinski definition) is 4. The Balaban J connectivity index is 1.54. The van der Waals surface area contributed by atoms with Crippen molar-refractivity contribution in [1.82, 2.24) is 10.8 Å². The molecule has 2 aromatic carbocycles. The number of nitrogens with zero attached hydrogens (tertiary/aromatic N) is 1. The first-order valence-corrected chi connectivity index (χ1v) is 9.55. The Hall–Kier alpha value is -3.19. The average Bonchev–Trinajstić information content (AvgIpc) is 2.74. The number of amides is 2. The van der Waals surface area contributed by atoms with Crippen LogP contribution in [0.1, 0.15) is 24.0 Å². The number of hydrogen-bond donors (Lipinski definition) is 3. The summed E-state index contributed by atoms with van der Waals surface area (Å²) in [5, 5.41) is 11.7. The van der Waals surface area contributed by atoms with Crippen molar-refractivity contribution in [3.63, 3.8) is 0 Å². The molecule has 0 unspecified atom stereocenters. The third-order valence-electron chi connectivity index (χ3n) is 4.94. The zero-order valence-electron chi connectivity index (χ0n) is 16.0. The van der Waals surface area contributed by atoms with Crippen LogP contribution in [0.2, 0.25) is 0 Å². The monoisotopic (exact) mass is 397 g/mol. The molecule has 7 heteroatoms. The minimum Gasteiger partial charge on any atom is -0.371 e. The van der Waals surface area contributed by atoms with E-state index in [0.717, 1.165) is 42.7 Å². The molecule has 1 saturated heterocycles. The van der Waals surface area contributed by atoms with Gasteiger partial charge in [0.25, 0.3) is 5.91 Å². The largest absolute Gasteiger partial charge is 0.371 e. The van der Waals surface area contributed by atoms with Crippen molar-refractivity contribution in [3.05, 3.63) is 71.6 Å². The summed E-state index contributed by atoms with van der Waals surface area (Å²) >= 11 is 0. The molecule has 3 rings (SSSR count). The number of hydroxylamine groups is 1. The summed E-state index contributed by atoms with van der Waals surface area (Å²) in [6.07, 6.45) is 4.80. The van der Waals surface area contributed by atoms with Crippen LogP contribution in [0.25, 0.3) is 6.08 Å². The first kappa shape index (κ1) is 20.5. The molecule has 0 saturated carbocycles. The molecule has 1 heterocycles. The van der Waals surface area contributed by atoms with Crippen molar-refractivity contribution in [2.75, 3.05) is 18.0 Å². The molecule has 29 heavy (non-hydrogen) atoms. The number of piperidine rings is 1. The van der Waals surface area contributed by atoms with E-state index >= 15 is 0 Å². The molecule has 0 radical (unpaired) electrons. The van der Waals surface area contributed by atoms with Gasteiger partial charge in [0.1, 0.15) is 5.82 Å². The maximum atomic E-state index is 13.0. The van der Waals surface area contributed by atoms with E-state index < -0.39 is 5.91 Å². The first-order valence-electron chi connectivity index (χ1n) is 9.55. The molecule has 1 aliphatic heterocycles. The molecule has 1 fully saturated rings. The highest BCUT2D eigenvalue weighted by Gasteiger charge is 2.22. The van der Waals surface area contributed by atoms with Gasteiger partial charge in [-0.2, -0.15) is 0 Å². The lowest BCUT2D eigenvalue weighted by molar-refractivity contribution is -0.124. The highest BCUT2D eigenvalue weighted by Crippen LogP contribution is 2.25.